The summed E-state index contributed by atoms with van der Waals surface area (Å²) >= 11 is 2.20. The molecular formula is C12H15Ti. The summed E-state index contributed by atoms with van der Waals surface area (Å²) in [4.78, 5) is 0. The van der Waals surface area contributed by atoms with Crippen molar-refractivity contribution in [3.8, 4) is 0 Å². The Balaban J connectivity index is 2.86. The predicted octanol–water partition coefficient (Wildman–Crippen LogP) is 3.66. The van der Waals surface area contributed by atoms with E-state index in [0.717, 1.165) is 6.42 Å². The van der Waals surface area contributed by atoms with Gasteiger partial charge in [0.1, 0.15) is 0 Å². The summed E-state index contributed by atoms with van der Waals surface area (Å²) in [5.74, 6) is 0. The fraction of sp³-hybridized carbons (Fsp3) is 0.333. The molecule has 0 nitrogen and oxygen atoms in total. The molecule has 0 saturated carbocycles. The van der Waals surface area contributed by atoms with Gasteiger partial charge in [-0.2, -0.15) is 0 Å². The Morgan fingerprint density at radius 2 is 2.08 bits per heavy atom. The van der Waals surface area contributed by atoms with Crippen molar-refractivity contribution in [1.82, 2.24) is 0 Å². The second-order valence-corrected chi connectivity index (χ2v) is 4.38. The first-order chi connectivity index (χ1) is 6.11. The molecule has 0 bridgehead atoms. The van der Waals surface area contributed by atoms with Gasteiger partial charge in [-0.25, -0.2) is 0 Å². The van der Waals surface area contributed by atoms with Gasteiger partial charge in [-0.1, -0.05) is 0 Å². The summed E-state index contributed by atoms with van der Waals surface area (Å²) in [5, 5.41) is 0. The first kappa shape index (κ1) is 10.8. The van der Waals surface area contributed by atoms with Crippen LogP contribution in [0.15, 0.2) is 44.9 Å². The molecule has 0 aromatic carbocycles. The van der Waals surface area contributed by atoms with Crippen LogP contribution < -0.4 is 0 Å². The predicted molar refractivity (Wildman–Crippen MR) is 54.0 cm³/mol. The van der Waals surface area contributed by atoms with E-state index >= 15 is 0 Å². The molecule has 0 aromatic rings. The molecule has 13 heavy (non-hydrogen) atoms. The van der Waals surface area contributed by atoms with Crippen LogP contribution in [0.25, 0.3) is 0 Å². The van der Waals surface area contributed by atoms with Crippen LogP contribution in [0.2, 0.25) is 0 Å². The first-order valence-corrected chi connectivity index (χ1v) is 5.33. The number of allylic oxidation sites excluding steroid dienone is 8. The monoisotopic (exact) mass is 207 g/mol. The molecule has 1 heteroatoms. The molecule has 0 unspecified atom stereocenters. The summed E-state index contributed by atoms with van der Waals surface area (Å²) < 4.78 is 1.42. The van der Waals surface area contributed by atoms with Crippen LogP contribution in [0.1, 0.15) is 27.2 Å². The van der Waals surface area contributed by atoms with Gasteiger partial charge in [-0.3, -0.25) is 0 Å². The molecule has 67 valence electrons. The summed E-state index contributed by atoms with van der Waals surface area (Å²) in [6.07, 6.45) is 9.88. The van der Waals surface area contributed by atoms with Crippen molar-refractivity contribution in [3.63, 3.8) is 0 Å². The van der Waals surface area contributed by atoms with Gasteiger partial charge in [-0.15, -0.1) is 0 Å². The van der Waals surface area contributed by atoms with Gasteiger partial charge >= 0.3 is 92.5 Å². The molecule has 0 amide bonds. The Labute approximate surface area is 92.5 Å². The van der Waals surface area contributed by atoms with Gasteiger partial charge in [-0.05, 0) is 0 Å². The Hall–Kier alpha value is -0.326. The third-order valence-electron chi connectivity index (χ3n) is 1.99. The number of hydrogen-bond donors (Lipinski definition) is 0. The maximum atomic E-state index is 2.24. The van der Waals surface area contributed by atoms with Crippen LogP contribution in [-0.2, 0) is 20.4 Å². The number of hydrogen-bond acceptors (Lipinski definition) is 0. The normalized spacial score (nSPS) is 16.6. The van der Waals surface area contributed by atoms with Crippen LogP contribution in [0.3, 0.4) is 0 Å². The van der Waals surface area contributed by atoms with Gasteiger partial charge in [0.15, 0.2) is 0 Å². The van der Waals surface area contributed by atoms with Crippen molar-refractivity contribution >= 4 is 0 Å². The molecule has 1 rings (SSSR count). The molecular weight excluding hydrogens is 192 g/mol. The molecule has 0 radical (unpaired) electrons. The third kappa shape index (κ3) is 3.13. The standard InChI is InChI=1S/C12H15.Ti/c1-10(2)8-11(3)9-12-6-4-5-7-12;/h4-6,8H,7H2,1-3H3;. The van der Waals surface area contributed by atoms with Crippen LogP contribution in [0.5, 0.6) is 0 Å². The van der Waals surface area contributed by atoms with E-state index in [1.807, 2.05) is 0 Å². The zero-order valence-electron chi connectivity index (χ0n) is 8.52. The van der Waals surface area contributed by atoms with Crippen LogP contribution in [0.4, 0.5) is 0 Å². The average molecular weight is 207 g/mol. The van der Waals surface area contributed by atoms with Gasteiger partial charge in [0, 0.05) is 0 Å². The van der Waals surface area contributed by atoms with Gasteiger partial charge in [0.2, 0.25) is 0 Å². The molecule has 0 N–H and O–H groups in total. The van der Waals surface area contributed by atoms with Gasteiger partial charge in [0.25, 0.3) is 0 Å². The van der Waals surface area contributed by atoms with Crippen LogP contribution in [0, 0.1) is 0 Å². The Bertz CT molecular complexity index is 310. The van der Waals surface area contributed by atoms with Crippen molar-refractivity contribution in [2.75, 3.05) is 0 Å². The molecule has 0 spiro atoms. The van der Waals surface area contributed by atoms with Gasteiger partial charge < -0.3 is 0 Å². The van der Waals surface area contributed by atoms with E-state index in [1.165, 1.54) is 20.6 Å². The van der Waals surface area contributed by atoms with Crippen molar-refractivity contribution in [1.29, 1.82) is 0 Å². The van der Waals surface area contributed by atoms with Crippen molar-refractivity contribution in [2.45, 2.75) is 27.2 Å². The SMILES string of the molecule is CC(C)=CC(C)=[C]([Ti])C1=CC=CC1. The summed E-state index contributed by atoms with van der Waals surface area (Å²) in [6.45, 7) is 6.46. The molecule has 0 fully saturated rings. The minimum absolute atomic E-state index is 1.10. The fourth-order valence-electron chi connectivity index (χ4n) is 1.39. The quantitative estimate of drug-likeness (QED) is 0.478. The summed E-state index contributed by atoms with van der Waals surface area (Å²) in [5.41, 5.74) is 4.20. The second-order valence-electron chi connectivity index (χ2n) is 3.60. The van der Waals surface area contributed by atoms with Crippen molar-refractivity contribution in [3.05, 3.63) is 44.9 Å². The molecule has 0 saturated heterocycles. The Morgan fingerprint density at radius 1 is 1.38 bits per heavy atom. The molecule has 0 atom stereocenters. The second kappa shape index (κ2) is 4.78. The number of rotatable bonds is 2. The molecule has 0 heterocycles. The van der Waals surface area contributed by atoms with Gasteiger partial charge in [0.05, 0.1) is 0 Å². The Morgan fingerprint density at radius 3 is 2.54 bits per heavy atom. The Kier molecular flexibility index (Phi) is 3.96. The van der Waals surface area contributed by atoms with Crippen molar-refractivity contribution < 1.29 is 20.4 Å². The van der Waals surface area contributed by atoms with E-state index in [-0.39, 0.29) is 0 Å². The summed E-state index contributed by atoms with van der Waals surface area (Å²) in [7, 11) is 0. The zero-order chi connectivity index (χ0) is 9.84. The molecule has 1 aliphatic carbocycles. The summed E-state index contributed by atoms with van der Waals surface area (Å²) in [6, 6.07) is 0. The fourth-order valence-corrected chi connectivity index (χ4v) is 1.79. The minimum atomic E-state index is 1.10. The molecule has 0 aromatic heterocycles. The van der Waals surface area contributed by atoms with E-state index < -0.39 is 0 Å². The first-order valence-electron chi connectivity index (χ1n) is 4.54. The van der Waals surface area contributed by atoms with E-state index in [9.17, 15) is 0 Å². The van der Waals surface area contributed by atoms with Crippen LogP contribution >= 0.6 is 0 Å². The zero-order valence-corrected chi connectivity index (χ0v) is 10.1. The molecule has 0 aliphatic heterocycles. The maximum absolute atomic E-state index is 2.24. The van der Waals surface area contributed by atoms with E-state index in [0.29, 0.717) is 0 Å². The van der Waals surface area contributed by atoms with E-state index in [2.05, 4.69) is 65.5 Å². The van der Waals surface area contributed by atoms with E-state index in [1.54, 1.807) is 0 Å². The third-order valence-corrected chi connectivity index (χ3v) is 3.11. The van der Waals surface area contributed by atoms with E-state index in [4.69, 9.17) is 0 Å². The average Bonchev–Trinajstić information content (AvgIpc) is 2.53. The van der Waals surface area contributed by atoms with Crippen molar-refractivity contribution in [2.24, 2.45) is 0 Å². The topological polar surface area (TPSA) is 0 Å². The van der Waals surface area contributed by atoms with Crippen LogP contribution in [-0.4, -0.2) is 0 Å². The molecule has 1 aliphatic rings.